The number of hydrogen-bond acceptors (Lipinski definition) is 8. The van der Waals surface area contributed by atoms with Gasteiger partial charge in [0, 0.05) is 24.7 Å². The van der Waals surface area contributed by atoms with Crippen LogP contribution in [0.3, 0.4) is 0 Å². The molecule has 0 unspecified atom stereocenters. The van der Waals surface area contributed by atoms with Crippen LogP contribution in [0.4, 0.5) is 22.5 Å². The summed E-state index contributed by atoms with van der Waals surface area (Å²) in [4.78, 5) is 24.4. The standard InChI is InChI=1S/C22H26N6O2S/c1-13-6-7-16(29)14(2)20(13)27-21(30)17-12-24-22(31-17)26-18-4-3-5-19(25-18)28-10-8-15(23)9-11-28/h3-7,12,15,29H,8-11,23H2,1-2H3,(H,27,30)(H,24,25,26). The van der Waals surface area contributed by atoms with Crippen molar-refractivity contribution in [2.75, 3.05) is 28.6 Å². The highest BCUT2D eigenvalue weighted by molar-refractivity contribution is 7.17. The second kappa shape index (κ2) is 8.91. The number of aryl methyl sites for hydroxylation is 1. The highest BCUT2D eigenvalue weighted by Crippen LogP contribution is 2.30. The summed E-state index contributed by atoms with van der Waals surface area (Å²) in [6.07, 6.45) is 3.45. The zero-order valence-electron chi connectivity index (χ0n) is 17.6. The number of nitrogens with two attached hydrogens (primary N) is 1. The molecule has 0 aliphatic carbocycles. The number of aromatic nitrogens is 2. The van der Waals surface area contributed by atoms with Crippen LogP contribution in [0.1, 0.15) is 33.6 Å². The Bertz CT molecular complexity index is 1090. The van der Waals surface area contributed by atoms with Crippen LogP contribution in [0.5, 0.6) is 5.75 Å². The van der Waals surface area contributed by atoms with Crippen LogP contribution in [0, 0.1) is 13.8 Å². The first-order valence-electron chi connectivity index (χ1n) is 10.2. The lowest BCUT2D eigenvalue weighted by atomic mass is 10.1. The molecule has 4 rings (SSSR count). The van der Waals surface area contributed by atoms with Gasteiger partial charge in [-0.05, 0) is 50.5 Å². The molecule has 8 nitrogen and oxygen atoms in total. The fourth-order valence-corrected chi connectivity index (χ4v) is 4.27. The first-order valence-corrected chi connectivity index (χ1v) is 11.0. The average Bonchev–Trinajstić information content (AvgIpc) is 3.23. The second-order valence-electron chi connectivity index (χ2n) is 7.72. The Kier molecular flexibility index (Phi) is 6.06. The molecule has 0 atom stereocenters. The first-order chi connectivity index (χ1) is 14.9. The number of anilines is 4. The summed E-state index contributed by atoms with van der Waals surface area (Å²) in [6, 6.07) is 9.47. The van der Waals surface area contributed by atoms with Gasteiger partial charge in [-0.15, -0.1) is 0 Å². The van der Waals surface area contributed by atoms with Gasteiger partial charge >= 0.3 is 0 Å². The van der Waals surface area contributed by atoms with Gasteiger partial charge in [0.25, 0.3) is 5.91 Å². The lowest BCUT2D eigenvalue weighted by Crippen LogP contribution is -2.40. The van der Waals surface area contributed by atoms with Gasteiger partial charge in [-0.1, -0.05) is 23.5 Å². The molecule has 1 aromatic carbocycles. The number of rotatable bonds is 5. The number of hydrogen-bond donors (Lipinski definition) is 4. The Balaban J connectivity index is 1.44. The van der Waals surface area contributed by atoms with Crippen LogP contribution >= 0.6 is 11.3 Å². The molecule has 9 heteroatoms. The minimum atomic E-state index is -0.270. The maximum atomic E-state index is 12.7. The van der Waals surface area contributed by atoms with E-state index in [0.717, 1.165) is 37.3 Å². The van der Waals surface area contributed by atoms with Gasteiger partial charge in [0.05, 0.1) is 11.9 Å². The van der Waals surface area contributed by atoms with E-state index < -0.39 is 0 Å². The van der Waals surface area contributed by atoms with Crippen LogP contribution in [0.25, 0.3) is 0 Å². The molecule has 1 aliphatic rings. The number of pyridine rings is 1. The highest BCUT2D eigenvalue weighted by atomic mass is 32.1. The van der Waals surface area contributed by atoms with Crippen molar-refractivity contribution in [3.8, 4) is 5.75 Å². The van der Waals surface area contributed by atoms with E-state index in [0.29, 0.717) is 27.1 Å². The van der Waals surface area contributed by atoms with Crippen molar-refractivity contribution < 1.29 is 9.90 Å². The van der Waals surface area contributed by atoms with Crippen molar-refractivity contribution in [2.24, 2.45) is 5.73 Å². The molecule has 0 saturated carbocycles. The van der Waals surface area contributed by atoms with E-state index in [-0.39, 0.29) is 17.7 Å². The SMILES string of the molecule is Cc1ccc(O)c(C)c1NC(=O)c1cnc(Nc2cccc(N3CCC(N)CC3)n2)s1. The fourth-order valence-electron chi connectivity index (χ4n) is 3.55. The molecule has 1 fully saturated rings. The normalized spacial score (nSPS) is 14.5. The number of nitrogens with zero attached hydrogens (tertiary/aromatic N) is 3. The highest BCUT2D eigenvalue weighted by Gasteiger charge is 2.18. The minimum Gasteiger partial charge on any atom is -0.508 e. The fraction of sp³-hybridized carbons (Fsp3) is 0.318. The van der Waals surface area contributed by atoms with Gasteiger partial charge in [-0.3, -0.25) is 4.79 Å². The molecule has 2 aromatic heterocycles. The number of amides is 1. The molecule has 0 bridgehead atoms. The number of benzene rings is 1. The predicted octanol–water partition coefficient (Wildman–Crippen LogP) is 3.78. The van der Waals surface area contributed by atoms with E-state index in [1.165, 1.54) is 17.5 Å². The summed E-state index contributed by atoms with van der Waals surface area (Å²) in [5.74, 6) is 1.46. The number of carbonyl (C=O) groups is 1. The molecular weight excluding hydrogens is 412 g/mol. The van der Waals surface area contributed by atoms with Crippen LogP contribution in [0.2, 0.25) is 0 Å². The Labute approximate surface area is 185 Å². The lowest BCUT2D eigenvalue weighted by Gasteiger charge is -2.31. The molecule has 1 aliphatic heterocycles. The molecule has 1 amide bonds. The molecule has 31 heavy (non-hydrogen) atoms. The van der Waals surface area contributed by atoms with Gasteiger partial charge in [-0.2, -0.15) is 0 Å². The summed E-state index contributed by atoms with van der Waals surface area (Å²) in [5, 5.41) is 16.6. The van der Waals surface area contributed by atoms with E-state index in [2.05, 4.69) is 25.5 Å². The van der Waals surface area contributed by atoms with Gasteiger partial charge in [0.1, 0.15) is 22.3 Å². The summed E-state index contributed by atoms with van der Waals surface area (Å²) in [5.41, 5.74) is 8.13. The van der Waals surface area contributed by atoms with Crippen molar-refractivity contribution in [2.45, 2.75) is 32.7 Å². The van der Waals surface area contributed by atoms with Gasteiger partial charge in [0.15, 0.2) is 5.13 Å². The largest absolute Gasteiger partial charge is 0.508 e. The molecule has 0 spiro atoms. The van der Waals surface area contributed by atoms with Crippen LogP contribution in [0.15, 0.2) is 36.5 Å². The summed E-state index contributed by atoms with van der Waals surface area (Å²) in [6.45, 7) is 5.45. The zero-order valence-corrected chi connectivity index (χ0v) is 18.4. The van der Waals surface area contributed by atoms with E-state index in [1.54, 1.807) is 19.1 Å². The van der Waals surface area contributed by atoms with Crippen molar-refractivity contribution in [3.05, 3.63) is 52.5 Å². The van der Waals surface area contributed by atoms with Crippen molar-refractivity contribution in [1.29, 1.82) is 0 Å². The summed E-state index contributed by atoms with van der Waals surface area (Å²) in [7, 11) is 0. The molecule has 162 valence electrons. The summed E-state index contributed by atoms with van der Waals surface area (Å²) < 4.78 is 0. The first kappa shape index (κ1) is 21.1. The van der Waals surface area contributed by atoms with Gasteiger partial charge in [-0.25, -0.2) is 9.97 Å². The van der Waals surface area contributed by atoms with Gasteiger partial charge < -0.3 is 26.4 Å². The smallest absolute Gasteiger partial charge is 0.267 e. The zero-order chi connectivity index (χ0) is 22.0. The second-order valence-corrected chi connectivity index (χ2v) is 8.75. The van der Waals surface area contributed by atoms with Crippen LogP contribution in [-0.2, 0) is 0 Å². The predicted molar refractivity (Wildman–Crippen MR) is 125 cm³/mol. The van der Waals surface area contributed by atoms with Crippen molar-refractivity contribution in [3.63, 3.8) is 0 Å². The van der Waals surface area contributed by atoms with E-state index >= 15 is 0 Å². The molecule has 1 saturated heterocycles. The third kappa shape index (κ3) is 4.78. The molecule has 3 aromatic rings. The Hall–Kier alpha value is -3.17. The van der Waals surface area contributed by atoms with Crippen LogP contribution < -0.4 is 21.3 Å². The third-order valence-corrected chi connectivity index (χ3v) is 6.36. The number of phenols is 1. The van der Waals surface area contributed by atoms with E-state index in [1.807, 2.05) is 25.1 Å². The Morgan fingerprint density at radius 2 is 2.00 bits per heavy atom. The quantitative estimate of drug-likeness (QED) is 0.479. The van der Waals surface area contributed by atoms with Crippen LogP contribution in [-0.4, -0.2) is 40.1 Å². The number of carbonyl (C=O) groups excluding carboxylic acids is 1. The van der Waals surface area contributed by atoms with Crippen molar-refractivity contribution in [1.82, 2.24) is 9.97 Å². The monoisotopic (exact) mass is 438 g/mol. The number of nitrogens with one attached hydrogen (secondary N) is 2. The van der Waals surface area contributed by atoms with E-state index in [9.17, 15) is 9.90 Å². The Morgan fingerprint density at radius 1 is 1.23 bits per heavy atom. The topological polar surface area (TPSA) is 116 Å². The average molecular weight is 439 g/mol. The number of phenolic OH excluding ortho intramolecular Hbond substituents is 1. The minimum absolute atomic E-state index is 0.147. The van der Waals surface area contributed by atoms with E-state index in [4.69, 9.17) is 5.73 Å². The lowest BCUT2D eigenvalue weighted by molar-refractivity contribution is 0.103. The third-order valence-electron chi connectivity index (χ3n) is 5.45. The molecule has 0 radical (unpaired) electrons. The molecule has 5 N–H and O–H groups in total. The van der Waals surface area contributed by atoms with Gasteiger partial charge in [0.2, 0.25) is 0 Å². The Morgan fingerprint density at radius 3 is 2.77 bits per heavy atom. The molecule has 3 heterocycles. The van der Waals surface area contributed by atoms with Crippen molar-refractivity contribution >= 4 is 39.7 Å². The number of aromatic hydroxyl groups is 1. The number of piperidine rings is 1. The number of thiazole rings is 1. The molecular formula is C22H26N6O2S. The maximum Gasteiger partial charge on any atom is 0.267 e. The summed E-state index contributed by atoms with van der Waals surface area (Å²) >= 11 is 1.25. The maximum absolute atomic E-state index is 12.7.